The summed E-state index contributed by atoms with van der Waals surface area (Å²) in [7, 11) is 0. The molecular weight excluding hydrogens is 418 g/mol. The van der Waals surface area contributed by atoms with E-state index in [2.05, 4.69) is 56.3 Å². The van der Waals surface area contributed by atoms with Crippen LogP contribution in [-0.2, 0) is 24.2 Å². The van der Waals surface area contributed by atoms with Crippen molar-refractivity contribution in [1.29, 1.82) is 0 Å². The van der Waals surface area contributed by atoms with Crippen LogP contribution in [0.4, 0.5) is 5.69 Å². The molecule has 0 fully saturated rings. The van der Waals surface area contributed by atoms with Gasteiger partial charge in [-0.1, -0.05) is 36.2 Å². The van der Waals surface area contributed by atoms with Gasteiger partial charge in [-0.3, -0.25) is 4.79 Å². The molecule has 1 aliphatic rings. The Morgan fingerprint density at radius 3 is 2.59 bits per heavy atom. The lowest BCUT2D eigenvalue weighted by atomic mass is 10.1. The maximum absolute atomic E-state index is 12.5. The third-order valence-corrected chi connectivity index (χ3v) is 6.67. The predicted molar refractivity (Wildman–Crippen MR) is 128 cm³/mol. The molecule has 32 heavy (non-hydrogen) atoms. The lowest BCUT2D eigenvalue weighted by Crippen LogP contribution is -2.14. The van der Waals surface area contributed by atoms with Crippen molar-refractivity contribution in [3.05, 3.63) is 71.0 Å². The fourth-order valence-electron chi connectivity index (χ4n) is 3.99. The highest BCUT2D eigenvalue weighted by molar-refractivity contribution is 7.13. The topological polar surface area (TPSA) is 72.7 Å². The van der Waals surface area contributed by atoms with E-state index >= 15 is 0 Å². The molecule has 7 heteroatoms. The second kappa shape index (κ2) is 9.04. The monoisotopic (exact) mass is 443 g/mol. The number of nitrogens with one attached hydrogen (secondary N) is 1. The molecule has 4 aromatic rings. The highest BCUT2D eigenvalue weighted by atomic mass is 32.1. The van der Waals surface area contributed by atoms with Gasteiger partial charge in [0.2, 0.25) is 5.91 Å². The minimum atomic E-state index is -0.0742. The molecule has 3 heterocycles. The first-order valence-electron chi connectivity index (χ1n) is 11.0. The van der Waals surface area contributed by atoms with Crippen molar-refractivity contribution < 1.29 is 4.79 Å². The number of benzene rings is 2. The number of amides is 1. The molecule has 0 unspecified atom stereocenters. The minimum Gasteiger partial charge on any atom is -0.326 e. The van der Waals surface area contributed by atoms with Gasteiger partial charge < -0.3 is 9.88 Å². The van der Waals surface area contributed by atoms with Gasteiger partial charge in [0.05, 0.1) is 12.1 Å². The van der Waals surface area contributed by atoms with Gasteiger partial charge in [0.15, 0.2) is 5.82 Å². The van der Waals surface area contributed by atoms with Crippen LogP contribution in [0.1, 0.15) is 36.3 Å². The van der Waals surface area contributed by atoms with Crippen LogP contribution in [0, 0.1) is 6.92 Å². The summed E-state index contributed by atoms with van der Waals surface area (Å²) in [5.74, 6) is 1.91. The van der Waals surface area contributed by atoms with E-state index < -0.39 is 0 Å². The first kappa shape index (κ1) is 20.6. The summed E-state index contributed by atoms with van der Waals surface area (Å²) < 4.78 is 2.23. The molecular formula is C25H25N5OS. The summed E-state index contributed by atoms with van der Waals surface area (Å²) in [4.78, 5) is 17.2. The Labute approximate surface area is 191 Å². The van der Waals surface area contributed by atoms with Gasteiger partial charge >= 0.3 is 0 Å². The van der Waals surface area contributed by atoms with E-state index in [4.69, 9.17) is 0 Å². The van der Waals surface area contributed by atoms with Crippen molar-refractivity contribution >= 4 is 22.9 Å². The van der Waals surface area contributed by atoms with Gasteiger partial charge in [0, 0.05) is 35.2 Å². The van der Waals surface area contributed by atoms with Gasteiger partial charge in [-0.2, -0.15) is 0 Å². The second-order valence-corrected chi connectivity index (χ2v) is 9.07. The second-order valence-electron chi connectivity index (χ2n) is 8.21. The Bertz CT molecular complexity index is 1220. The summed E-state index contributed by atoms with van der Waals surface area (Å²) in [6.07, 6.45) is 4.81. The third-order valence-electron chi connectivity index (χ3n) is 5.73. The van der Waals surface area contributed by atoms with Crippen molar-refractivity contribution in [3.63, 3.8) is 0 Å². The maximum atomic E-state index is 12.5. The average molecular weight is 444 g/mol. The van der Waals surface area contributed by atoms with Crippen molar-refractivity contribution in [1.82, 2.24) is 19.7 Å². The number of hydrogen-bond acceptors (Lipinski definition) is 5. The fraction of sp³-hybridized carbons (Fsp3) is 0.280. The molecule has 0 saturated heterocycles. The number of aryl methyl sites for hydroxylation is 2. The molecule has 0 spiro atoms. The number of hydrogen-bond donors (Lipinski definition) is 1. The van der Waals surface area contributed by atoms with E-state index in [-0.39, 0.29) is 12.3 Å². The number of aromatic nitrogens is 4. The molecule has 2 aromatic heterocycles. The highest BCUT2D eigenvalue weighted by Gasteiger charge is 2.16. The molecule has 0 saturated carbocycles. The van der Waals surface area contributed by atoms with Crippen molar-refractivity contribution in [2.45, 2.75) is 45.6 Å². The first-order valence-corrected chi connectivity index (χ1v) is 11.9. The maximum Gasteiger partial charge on any atom is 0.230 e. The molecule has 0 aliphatic carbocycles. The normalized spacial score (nSPS) is 13.4. The quantitative estimate of drug-likeness (QED) is 0.455. The Hall–Kier alpha value is -3.32. The first-order chi connectivity index (χ1) is 15.7. The summed E-state index contributed by atoms with van der Waals surface area (Å²) in [5, 5.41) is 14.6. The zero-order valence-electron chi connectivity index (χ0n) is 18.0. The average Bonchev–Trinajstić information content (AvgIpc) is 3.35. The summed E-state index contributed by atoms with van der Waals surface area (Å²) in [5.41, 5.74) is 4.87. The van der Waals surface area contributed by atoms with Crippen LogP contribution < -0.4 is 5.32 Å². The fourth-order valence-corrected chi connectivity index (χ4v) is 4.81. The Morgan fingerprint density at radius 1 is 1.00 bits per heavy atom. The van der Waals surface area contributed by atoms with Gasteiger partial charge in [-0.05, 0) is 44.0 Å². The Kier molecular flexibility index (Phi) is 5.81. The van der Waals surface area contributed by atoms with Crippen LogP contribution in [0.5, 0.6) is 0 Å². The molecule has 0 atom stereocenters. The van der Waals surface area contributed by atoms with E-state index in [0.29, 0.717) is 0 Å². The van der Waals surface area contributed by atoms with Crippen LogP contribution in [0.15, 0.2) is 53.9 Å². The van der Waals surface area contributed by atoms with E-state index in [1.165, 1.54) is 18.4 Å². The SMILES string of the molecule is Cc1ccc(-c2nc(CC(=O)Nc3ccc(-c4nnc5n4CCCCC5)cc3)cs2)cc1. The molecule has 162 valence electrons. The molecule has 0 radical (unpaired) electrons. The molecule has 6 nitrogen and oxygen atoms in total. The van der Waals surface area contributed by atoms with E-state index in [9.17, 15) is 4.79 Å². The van der Waals surface area contributed by atoms with Crippen molar-refractivity contribution in [2.75, 3.05) is 5.32 Å². The molecule has 2 aromatic carbocycles. The number of carbonyl (C=O) groups is 1. The van der Waals surface area contributed by atoms with Gasteiger partial charge in [0.25, 0.3) is 0 Å². The summed E-state index contributed by atoms with van der Waals surface area (Å²) >= 11 is 1.56. The molecule has 1 aliphatic heterocycles. The standard InChI is InChI=1S/C25H25N5OS/c1-17-6-8-19(9-7-17)25-27-21(16-32-25)15-23(31)26-20-12-10-18(11-13-20)24-29-28-22-5-3-2-4-14-30(22)24/h6-13,16H,2-5,14-15H2,1H3,(H,26,31). The number of fused-ring (bicyclic) bond motifs is 1. The van der Waals surface area contributed by atoms with Crippen LogP contribution >= 0.6 is 11.3 Å². The molecule has 5 rings (SSSR count). The lowest BCUT2D eigenvalue weighted by molar-refractivity contribution is -0.115. The summed E-state index contributed by atoms with van der Waals surface area (Å²) in [6.45, 7) is 3.03. The minimum absolute atomic E-state index is 0.0742. The highest BCUT2D eigenvalue weighted by Crippen LogP contribution is 2.26. The molecule has 0 bridgehead atoms. The predicted octanol–water partition coefficient (Wildman–Crippen LogP) is 5.28. The lowest BCUT2D eigenvalue weighted by Gasteiger charge is -2.08. The third kappa shape index (κ3) is 4.48. The smallest absolute Gasteiger partial charge is 0.230 e. The van der Waals surface area contributed by atoms with Crippen molar-refractivity contribution in [3.8, 4) is 22.0 Å². The van der Waals surface area contributed by atoms with E-state index in [0.717, 1.165) is 58.6 Å². The largest absolute Gasteiger partial charge is 0.326 e. The van der Waals surface area contributed by atoms with E-state index in [1.807, 2.05) is 29.6 Å². The number of thiazole rings is 1. The van der Waals surface area contributed by atoms with Crippen LogP contribution in [0.3, 0.4) is 0 Å². The number of nitrogens with zero attached hydrogens (tertiary/aromatic N) is 4. The van der Waals surface area contributed by atoms with Crippen LogP contribution in [-0.4, -0.2) is 25.7 Å². The molecule has 1 N–H and O–H groups in total. The molecule has 1 amide bonds. The van der Waals surface area contributed by atoms with Gasteiger partial charge in [-0.15, -0.1) is 21.5 Å². The van der Waals surface area contributed by atoms with E-state index in [1.54, 1.807) is 11.3 Å². The zero-order chi connectivity index (χ0) is 21.9. The van der Waals surface area contributed by atoms with Crippen molar-refractivity contribution in [2.24, 2.45) is 0 Å². The zero-order valence-corrected chi connectivity index (χ0v) is 18.9. The Morgan fingerprint density at radius 2 is 1.78 bits per heavy atom. The van der Waals surface area contributed by atoms with Crippen LogP contribution in [0.25, 0.3) is 22.0 Å². The summed E-state index contributed by atoms with van der Waals surface area (Å²) in [6, 6.07) is 16.1. The van der Waals surface area contributed by atoms with Gasteiger partial charge in [-0.25, -0.2) is 4.98 Å². The Balaban J connectivity index is 1.23. The van der Waals surface area contributed by atoms with Crippen LogP contribution in [0.2, 0.25) is 0 Å². The number of anilines is 1. The number of rotatable bonds is 5. The number of carbonyl (C=O) groups excluding carboxylic acids is 1. The van der Waals surface area contributed by atoms with Gasteiger partial charge in [0.1, 0.15) is 10.8 Å².